The van der Waals surface area contributed by atoms with Crippen LogP contribution in [0, 0.1) is 0 Å². The molecule has 2 aromatic heterocycles. The number of benzene rings is 1. The second kappa shape index (κ2) is 8.24. The molecule has 0 N–H and O–H groups in total. The molecule has 0 aliphatic heterocycles. The molecule has 0 saturated carbocycles. The van der Waals surface area contributed by atoms with Crippen LogP contribution in [0.3, 0.4) is 0 Å². The maximum absolute atomic E-state index is 11.9. The Labute approximate surface area is 151 Å². The minimum Gasteiger partial charge on any atom is -0.492 e. The highest BCUT2D eigenvalue weighted by Crippen LogP contribution is 2.30. The maximum Gasteiger partial charge on any atom is 0.312 e. The summed E-state index contributed by atoms with van der Waals surface area (Å²) in [6.07, 6.45) is 1.87. The summed E-state index contributed by atoms with van der Waals surface area (Å²) in [5, 5.41) is 8.68. The van der Waals surface area contributed by atoms with Gasteiger partial charge in [0.15, 0.2) is 5.82 Å². The number of esters is 1. The van der Waals surface area contributed by atoms with Gasteiger partial charge in [0.25, 0.3) is 0 Å². The number of para-hydroxylation sites is 1. The van der Waals surface area contributed by atoms with E-state index < -0.39 is 0 Å². The van der Waals surface area contributed by atoms with Gasteiger partial charge in [-0.1, -0.05) is 18.2 Å². The molecule has 0 radical (unpaired) electrons. The van der Waals surface area contributed by atoms with E-state index in [4.69, 9.17) is 9.47 Å². The Morgan fingerprint density at radius 3 is 2.69 bits per heavy atom. The molecule has 7 nitrogen and oxygen atoms in total. The molecule has 0 atom stereocenters. The maximum atomic E-state index is 11.9. The van der Waals surface area contributed by atoms with Gasteiger partial charge in [-0.3, -0.25) is 9.20 Å². The summed E-state index contributed by atoms with van der Waals surface area (Å²) >= 11 is 0. The Morgan fingerprint density at radius 1 is 1.08 bits per heavy atom. The van der Waals surface area contributed by atoms with Crippen LogP contribution in [-0.2, 0) is 16.0 Å². The Bertz CT molecular complexity index is 933. The number of rotatable bonds is 7. The number of hydrogen-bond acceptors (Lipinski definition) is 6. The van der Waals surface area contributed by atoms with Crippen LogP contribution in [0.25, 0.3) is 5.65 Å². The van der Waals surface area contributed by atoms with E-state index in [9.17, 15) is 4.79 Å². The average molecular weight is 352 g/mol. The molecule has 3 aromatic rings. The SMILES string of the molecule is CCOC(=O)Cc1nc2ccccn2c1N=Nc1ccccc1OCC. The summed E-state index contributed by atoms with van der Waals surface area (Å²) in [7, 11) is 0. The number of aromatic nitrogens is 2. The molecule has 26 heavy (non-hydrogen) atoms. The lowest BCUT2D eigenvalue weighted by atomic mass is 10.3. The molecule has 0 unspecified atom stereocenters. The average Bonchev–Trinajstić information content (AvgIpc) is 2.98. The van der Waals surface area contributed by atoms with Crippen LogP contribution in [0.4, 0.5) is 11.5 Å². The van der Waals surface area contributed by atoms with Crippen molar-refractivity contribution in [3.63, 3.8) is 0 Å². The van der Waals surface area contributed by atoms with Crippen molar-refractivity contribution in [3.8, 4) is 5.75 Å². The molecule has 0 amide bonds. The molecule has 0 aliphatic rings. The predicted molar refractivity (Wildman–Crippen MR) is 97.3 cm³/mol. The number of carbonyl (C=O) groups excluding carboxylic acids is 1. The van der Waals surface area contributed by atoms with Crippen LogP contribution >= 0.6 is 0 Å². The van der Waals surface area contributed by atoms with E-state index in [1.165, 1.54) is 0 Å². The zero-order valence-corrected chi connectivity index (χ0v) is 14.8. The van der Waals surface area contributed by atoms with Gasteiger partial charge in [0.2, 0.25) is 0 Å². The van der Waals surface area contributed by atoms with Crippen LogP contribution in [0.15, 0.2) is 58.9 Å². The highest BCUT2D eigenvalue weighted by atomic mass is 16.5. The number of hydrogen-bond donors (Lipinski definition) is 0. The van der Waals surface area contributed by atoms with Crippen LogP contribution in [0.1, 0.15) is 19.5 Å². The fraction of sp³-hybridized carbons (Fsp3) is 0.263. The fourth-order valence-corrected chi connectivity index (χ4v) is 2.52. The number of carbonyl (C=O) groups is 1. The lowest BCUT2D eigenvalue weighted by Crippen LogP contribution is -2.07. The number of fused-ring (bicyclic) bond motifs is 1. The summed E-state index contributed by atoms with van der Waals surface area (Å²) in [6.45, 7) is 4.55. The topological polar surface area (TPSA) is 77.5 Å². The first-order valence-electron chi connectivity index (χ1n) is 8.48. The van der Waals surface area contributed by atoms with Crippen molar-refractivity contribution in [1.29, 1.82) is 0 Å². The third-order valence-corrected chi connectivity index (χ3v) is 3.61. The fourth-order valence-electron chi connectivity index (χ4n) is 2.52. The van der Waals surface area contributed by atoms with E-state index in [2.05, 4.69) is 15.2 Å². The Balaban J connectivity index is 1.99. The summed E-state index contributed by atoms with van der Waals surface area (Å²) < 4.78 is 12.4. The minimum atomic E-state index is -0.345. The zero-order chi connectivity index (χ0) is 18.4. The van der Waals surface area contributed by atoms with Gasteiger partial charge in [-0.05, 0) is 38.1 Å². The van der Waals surface area contributed by atoms with Gasteiger partial charge in [0.05, 0.1) is 25.3 Å². The van der Waals surface area contributed by atoms with Gasteiger partial charge in [-0.25, -0.2) is 4.98 Å². The van der Waals surface area contributed by atoms with Crippen molar-refractivity contribution in [3.05, 3.63) is 54.4 Å². The van der Waals surface area contributed by atoms with Crippen molar-refractivity contribution >= 4 is 23.1 Å². The first-order chi connectivity index (χ1) is 12.7. The van der Waals surface area contributed by atoms with Gasteiger partial charge in [0.1, 0.15) is 17.1 Å². The van der Waals surface area contributed by atoms with Gasteiger partial charge in [-0.2, -0.15) is 0 Å². The van der Waals surface area contributed by atoms with Crippen molar-refractivity contribution in [2.75, 3.05) is 13.2 Å². The van der Waals surface area contributed by atoms with E-state index in [0.717, 1.165) is 0 Å². The molecule has 0 fully saturated rings. The molecule has 3 rings (SSSR count). The third-order valence-electron chi connectivity index (χ3n) is 3.61. The molecular formula is C19H20N4O3. The summed E-state index contributed by atoms with van der Waals surface area (Å²) in [4.78, 5) is 16.4. The van der Waals surface area contributed by atoms with E-state index in [1.807, 2.05) is 55.6 Å². The molecule has 1 aromatic carbocycles. The minimum absolute atomic E-state index is 0.0387. The van der Waals surface area contributed by atoms with Crippen LogP contribution in [0.5, 0.6) is 5.75 Å². The number of azo groups is 1. The van der Waals surface area contributed by atoms with Crippen molar-refractivity contribution < 1.29 is 14.3 Å². The van der Waals surface area contributed by atoms with E-state index in [0.29, 0.717) is 41.8 Å². The molecule has 7 heteroatoms. The van der Waals surface area contributed by atoms with Gasteiger partial charge < -0.3 is 9.47 Å². The molecule has 0 spiro atoms. The normalized spacial score (nSPS) is 11.2. The molecule has 0 saturated heterocycles. The highest BCUT2D eigenvalue weighted by molar-refractivity contribution is 5.74. The number of ether oxygens (including phenoxy) is 2. The molecule has 0 aliphatic carbocycles. The smallest absolute Gasteiger partial charge is 0.312 e. The van der Waals surface area contributed by atoms with Crippen molar-refractivity contribution in [2.45, 2.75) is 20.3 Å². The third kappa shape index (κ3) is 3.88. The van der Waals surface area contributed by atoms with Crippen molar-refractivity contribution in [1.82, 2.24) is 9.38 Å². The van der Waals surface area contributed by atoms with E-state index in [1.54, 1.807) is 11.3 Å². The summed E-state index contributed by atoms with van der Waals surface area (Å²) in [5.74, 6) is 0.807. The standard InChI is InChI=1S/C19H20N4O3/c1-3-25-16-10-6-5-9-14(16)21-22-19-15(13-18(24)26-4-2)20-17-11-7-8-12-23(17)19/h5-12H,3-4,13H2,1-2H3. The van der Waals surface area contributed by atoms with Gasteiger partial charge in [-0.15, -0.1) is 10.2 Å². The Hall–Kier alpha value is -3.22. The number of nitrogens with zero attached hydrogens (tertiary/aromatic N) is 4. The Kier molecular flexibility index (Phi) is 5.58. The summed E-state index contributed by atoms with van der Waals surface area (Å²) in [6, 6.07) is 13.0. The summed E-state index contributed by atoms with van der Waals surface area (Å²) in [5.41, 5.74) is 1.83. The van der Waals surface area contributed by atoms with Crippen LogP contribution in [-0.4, -0.2) is 28.6 Å². The number of imidazole rings is 1. The molecule has 2 heterocycles. The molecule has 134 valence electrons. The first kappa shape index (κ1) is 17.6. The molecule has 0 bridgehead atoms. The Morgan fingerprint density at radius 2 is 1.88 bits per heavy atom. The van der Waals surface area contributed by atoms with E-state index >= 15 is 0 Å². The highest BCUT2D eigenvalue weighted by Gasteiger charge is 2.16. The predicted octanol–water partition coefficient (Wildman–Crippen LogP) is 4.25. The lowest BCUT2D eigenvalue weighted by molar-refractivity contribution is -0.142. The first-order valence-corrected chi connectivity index (χ1v) is 8.48. The largest absolute Gasteiger partial charge is 0.492 e. The zero-order valence-electron chi connectivity index (χ0n) is 14.8. The second-order valence-electron chi connectivity index (χ2n) is 5.39. The second-order valence-corrected chi connectivity index (χ2v) is 5.39. The van der Waals surface area contributed by atoms with Crippen LogP contribution in [0.2, 0.25) is 0 Å². The van der Waals surface area contributed by atoms with E-state index in [-0.39, 0.29) is 12.4 Å². The van der Waals surface area contributed by atoms with Crippen molar-refractivity contribution in [2.24, 2.45) is 10.2 Å². The number of pyridine rings is 1. The van der Waals surface area contributed by atoms with Gasteiger partial charge in [0, 0.05) is 6.20 Å². The monoisotopic (exact) mass is 352 g/mol. The molecular weight excluding hydrogens is 332 g/mol. The van der Waals surface area contributed by atoms with Gasteiger partial charge >= 0.3 is 5.97 Å². The van der Waals surface area contributed by atoms with Crippen LogP contribution < -0.4 is 4.74 Å². The quantitative estimate of drug-likeness (QED) is 0.470. The lowest BCUT2D eigenvalue weighted by Gasteiger charge is -2.05.